The lowest BCUT2D eigenvalue weighted by atomic mass is 10.4. The van der Waals surface area contributed by atoms with E-state index in [0.717, 1.165) is 3.70 Å². The Kier molecular flexibility index (Phi) is 1.91. The maximum Gasteiger partial charge on any atom is 0.356 e. The smallest absolute Gasteiger partial charge is 0.356 e. The number of rotatable bonds is 1. The molecule has 2 rings (SSSR count). The van der Waals surface area contributed by atoms with Gasteiger partial charge in [-0.25, -0.2) is 14.3 Å². The fraction of sp³-hybridized carbons (Fsp3) is 0. The molecule has 0 amide bonds. The quantitative estimate of drug-likeness (QED) is 0.796. The van der Waals surface area contributed by atoms with Crippen LogP contribution in [0.1, 0.15) is 10.5 Å². The molecule has 5 nitrogen and oxygen atoms in total. The van der Waals surface area contributed by atoms with E-state index in [9.17, 15) is 4.79 Å². The number of aromatic nitrogens is 3. The number of hydrogen-bond acceptors (Lipinski definition) is 3. The highest BCUT2D eigenvalue weighted by Gasteiger charge is 2.07. The summed E-state index contributed by atoms with van der Waals surface area (Å²) in [7, 11) is 0. The first-order chi connectivity index (χ1) is 6.18. The van der Waals surface area contributed by atoms with Crippen LogP contribution in [0.5, 0.6) is 0 Å². The van der Waals surface area contributed by atoms with E-state index < -0.39 is 5.97 Å². The Balaban J connectivity index is 2.72. The van der Waals surface area contributed by atoms with Gasteiger partial charge in [-0.2, -0.15) is 5.10 Å². The van der Waals surface area contributed by atoms with Crippen molar-refractivity contribution >= 4 is 34.2 Å². The average molecular weight is 289 g/mol. The van der Waals surface area contributed by atoms with Gasteiger partial charge in [-0.1, -0.05) is 0 Å². The number of fused-ring (bicyclic) bond motifs is 1. The van der Waals surface area contributed by atoms with Crippen LogP contribution in [0.2, 0.25) is 0 Å². The van der Waals surface area contributed by atoms with Crippen LogP contribution < -0.4 is 0 Å². The lowest BCUT2D eigenvalue weighted by Gasteiger charge is -1.95. The topological polar surface area (TPSA) is 67.5 Å². The van der Waals surface area contributed by atoms with Gasteiger partial charge in [0.25, 0.3) is 0 Å². The number of carbonyl (C=O) groups is 1. The Morgan fingerprint density at radius 3 is 3.00 bits per heavy atom. The molecule has 2 aromatic rings. The molecule has 6 heteroatoms. The summed E-state index contributed by atoms with van der Waals surface area (Å²) < 4.78 is 2.28. The average Bonchev–Trinajstić information content (AvgIpc) is 2.47. The van der Waals surface area contributed by atoms with Crippen molar-refractivity contribution in [3.8, 4) is 0 Å². The number of aromatic carboxylic acids is 1. The van der Waals surface area contributed by atoms with Gasteiger partial charge in [0.05, 0.1) is 6.20 Å². The van der Waals surface area contributed by atoms with Crippen molar-refractivity contribution < 1.29 is 9.90 Å². The maximum absolute atomic E-state index is 10.6. The van der Waals surface area contributed by atoms with Crippen LogP contribution in [-0.4, -0.2) is 25.7 Å². The molecule has 0 unspecified atom stereocenters. The number of halogens is 1. The van der Waals surface area contributed by atoms with E-state index in [-0.39, 0.29) is 5.69 Å². The highest BCUT2D eigenvalue weighted by atomic mass is 127. The van der Waals surface area contributed by atoms with Crippen LogP contribution in [0, 0.1) is 3.70 Å². The molecule has 0 aliphatic carbocycles. The number of carboxylic acids is 1. The zero-order valence-corrected chi connectivity index (χ0v) is 8.46. The Hall–Kier alpha value is -1.18. The summed E-state index contributed by atoms with van der Waals surface area (Å²) in [5.41, 5.74) is 0.665. The van der Waals surface area contributed by atoms with Crippen LogP contribution >= 0.6 is 22.6 Å². The van der Waals surface area contributed by atoms with Gasteiger partial charge in [-0.3, -0.25) is 0 Å². The molecule has 13 heavy (non-hydrogen) atoms. The third-order valence-electron chi connectivity index (χ3n) is 1.54. The molecule has 0 fully saturated rings. The number of imidazole rings is 1. The van der Waals surface area contributed by atoms with Crippen molar-refractivity contribution in [2.75, 3.05) is 0 Å². The van der Waals surface area contributed by atoms with E-state index >= 15 is 0 Å². The second-order valence-corrected chi connectivity index (χ2v) is 3.48. The van der Waals surface area contributed by atoms with Crippen molar-refractivity contribution in [1.29, 1.82) is 0 Å². The van der Waals surface area contributed by atoms with E-state index in [4.69, 9.17) is 5.11 Å². The van der Waals surface area contributed by atoms with E-state index in [1.165, 1.54) is 10.6 Å². The Bertz CT molecular complexity index is 480. The molecular formula is C7H4IN3O2. The Morgan fingerprint density at radius 1 is 1.54 bits per heavy atom. The minimum atomic E-state index is -1.04. The molecule has 0 atom stereocenters. The van der Waals surface area contributed by atoms with Crippen molar-refractivity contribution in [3.63, 3.8) is 0 Å². The van der Waals surface area contributed by atoms with E-state index in [1.54, 1.807) is 12.3 Å². The Morgan fingerprint density at radius 2 is 2.31 bits per heavy atom. The first kappa shape index (κ1) is 8.42. The molecule has 2 heterocycles. The first-order valence-electron chi connectivity index (χ1n) is 3.42. The molecule has 0 aromatic carbocycles. The standard InChI is InChI=1S/C7H4IN3O2/c8-5-3-9-6-2-1-4(7(12)13)10-11(5)6/h1-3H,(H,12,13). The van der Waals surface area contributed by atoms with Gasteiger partial charge >= 0.3 is 5.97 Å². The van der Waals surface area contributed by atoms with Gasteiger partial charge < -0.3 is 5.11 Å². The number of hydrogen-bond donors (Lipinski definition) is 1. The van der Waals surface area contributed by atoms with Gasteiger partial charge in [-0.15, -0.1) is 0 Å². The highest BCUT2D eigenvalue weighted by molar-refractivity contribution is 14.1. The summed E-state index contributed by atoms with van der Waals surface area (Å²) in [6, 6.07) is 3.05. The summed E-state index contributed by atoms with van der Waals surface area (Å²) >= 11 is 2.04. The number of carboxylic acid groups (broad SMARTS) is 1. The molecular weight excluding hydrogens is 285 g/mol. The monoisotopic (exact) mass is 289 g/mol. The van der Waals surface area contributed by atoms with Gasteiger partial charge in [0.1, 0.15) is 3.70 Å². The van der Waals surface area contributed by atoms with Crippen LogP contribution in [-0.2, 0) is 0 Å². The van der Waals surface area contributed by atoms with Crippen molar-refractivity contribution in [2.24, 2.45) is 0 Å². The lowest BCUT2D eigenvalue weighted by molar-refractivity contribution is 0.0689. The first-order valence-corrected chi connectivity index (χ1v) is 4.50. The molecule has 0 bridgehead atoms. The van der Waals surface area contributed by atoms with Gasteiger partial charge in [-0.05, 0) is 34.7 Å². The van der Waals surface area contributed by atoms with Gasteiger partial charge in [0.15, 0.2) is 11.3 Å². The molecule has 0 radical (unpaired) electrons. The summed E-state index contributed by atoms with van der Waals surface area (Å²) in [4.78, 5) is 14.6. The second-order valence-electron chi connectivity index (χ2n) is 2.37. The normalized spacial score (nSPS) is 10.5. The fourth-order valence-corrected chi connectivity index (χ4v) is 1.45. The zero-order valence-electron chi connectivity index (χ0n) is 6.31. The third-order valence-corrected chi connectivity index (χ3v) is 2.28. The van der Waals surface area contributed by atoms with Gasteiger partial charge in [0, 0.05) is 0 Å². The summed E-state index contributed by atoms with van der Waals surface area (Å²) in [5.74, 6) is -1.04. The zero-order chi connectivity index (χ0) is 9.42. The SMILES string of the molecule is O=C(O)c1ccc2ncc(I)n2n1. The van der Waals surface area contributed by atoms with E-state index in [0.29, 0.717) is 5.65 Å². The van der Waals surface area contributed by atoms with Crippen molar-refractivity contribution in [2.45, 2.75) is 0 Å². The summed E-state index contributed by atoms with van der Waals surface area (Å²) in [6.07, 6.45) is 1.63. The molecule has 0 saturated carbocycles. The van der Waals surface area contributed by atoms with E-state index in [1.807, 2.05) is 22.6 Å². The predicted molar refractivity (Wildman–Crippen MR) is 52.7 cm³/mol. The minimum Gasteiger partial charge on any atom is -0.476 e. The molecule has 66 valence electrons. The van der Waals surface area contributed by atoms with Crippen LogP contribution in [0.15, 0.2) is 18.3 Å². The van der Waals surface area contributed by atoms with Crippen molar-refractivity contribution in [3.05, 3.63) is 27.7 Å². The molecule has 1 N–H and O–H groups in total. The summed E-state index contributed by atoms with van der Waals surface area (Å²) in [5, 5.41) is 12.6. The molecule has 0 saturated heterocycles. The number of nitrogens with zero attached hydrogens (tertiary/aromatic N) is 3. The van der Waals surface area contributed by atoms with Gasteiger partial charge in [0.2, 0.25) is 0 Å². The van der Waals surface area contributed by atoms with Crippen molar-refractivity contribution in [1.82, 2.24) is 14.6 Å². The minimum absolute atomic E-state index is 0.0171. The second kappa shape index (κ2) is 2.95. The fourth-order valence-electron chi connectivity index (χ4n) is 0.959. The summed E-state index contributed by atoms with van der Waals surface area (Å²) in [6.45, 7) is 0. The largest absolute Gasteiger partial charge is 0.476 e. The van der Waals surface area contributed by atoms with Crippen LogP contribution in [0.25, 0.3) is 5.65 Å². The molecule has 2 aromatic heterocycles. The van der Waals surface area contributed by atoms with Crippen LogP contribution in [0.4, 0.5) is 0 Å². The lowest BCUT2D eigenvalue weighted by Crippen LogP contribution is -2.05. The molecule has 0 spiro atoms. The molecule has 0 aliphatic heterocycles. The Labute approximate surface area is 86.5 Å². The predicted octanol–water partition coefficient (Wildman–Crippen LogP) is 1.03. The van der Waals surface area contributed by atoms with E-state index in [2.05, 4.69) is 10.1 Å². The maximum atomic E-state index is 10.6. The molecule has 0 aliphatic rings. The highest BCUT2D eigenvalue weighted by Crippen LogP contribution is 2.07. The van der Waals surface area contributed by atoms with Crippen LogP contribution in [0.3, 0.4) is 0 Å². The third kappa shape index (κ3) is 1.37.